The lowest BCUT2D eigenvalue weighted by atomic mass is 9.83. The van der Waals surface area contributed by atoms with E-state index < -0.39 is 24.2 Å². The van der Waals surface area contributed by atoms with Crippen molar-refractivity contribution in [3.8, 4) is 5.75 Å². The molecule has 1 aliphatic heterocycles. The molecule has 1 heterocycles. The van der Waals surface area contributed by atoms with Gasteiger partial charge in [0.1, 0.15) is 17.8 Å². The minimum Gasteiger partial charge on any atom is -0.508 e. The van der Waals surface area contributed by atoms with Crippen LogP contribution in [0.15, 0.2) is 29.3 Å². The number of carbonyl (C=O) groups is 3. The first-order valence-electron chi connectivity index (χ1n) is 16.2. The van der Waals surface area contributed by atoms with E-state index in [-0.39, 0.29) is 54.4 Å². The lowest BCUT2D eigenvalue weighted by Gasteiger charge is -2.37. The number of amides is 3. The minimum absolute atomic E-state index is 0.0232. The molecule has 3 amide bonds. The highest BCUT2D eigenvalue weighted by Gasteiger charge is 2.50. The maximum atomic E-state index is 14.4. The molecule has 1 saturated carbocycles. The Kier molecular flexibility index (Phi) is 14.2. The van der Waals surface area contributed by atoms with Crippen LogP contribution in [-0.4, -0.2) is 87.3 Å². The fourth-order valence-electron chi connectivity index (χ4n) is 6.44. The number of aliphatic imine (C=N–C) groups is 1. The number of unbranched alkanes of at least 4 members (excludes halogenated alkanes) is 4. The summed E-state index contributed by atoms with van der Waals surface area (Å²) in [6.45, 7) is 2.21. The monoisotopic (exact) mass is 616 g/mol. The fraction of sp³-hybridized carbons (Fsp3) is 0.688. The highest BCUT2D eigenvalue weighted by molar-refractivity contribution is 5.93. The second kappa shape index (κ2) is 17.8. The van der Waals surface area contributed by atoms with Gasteiger partial charge in [0.05, 0.1) is 18.8 Å². The number of phenolic OH excluding ortho intramolecular Hbond substituents is 1. The molecule has 1 saturated heterocycles. The first-order chi connectivity index (χ1) is 21.1. The van der Waals surface area contributed by atoms with Crippen molar-refractivity contribution >= 4 is 23.7 Å². The molecule has 12 nitrogen and oxygen atoms in total. The standard InChI is InChI=1S/C32H52N6O6/c1-2-3-4-5-6-9-29(42)37-26(17-21-10-13-24(40)14-11-21)31(44)38-27-19-25(41)15-12-22(27)18-28(38)30(43)36-23(20-39)8-7-16-35-32(33)34/h10-11,13-14,22-23,25-28,39-41H,2-9,12,15-20H2,1H3,(H,36,43)(H,37,42)(H4,33,34,35)/t22-,23?,25?,26-,27-,28?/m0/s1. The number of aliphatic hydroxyl groups is 2. The summed E-state index contributed by atoms with van der Waals surface area (Å²) in [5.41, 5.74) is 11.5. The lowest BCUT2D eigenvalue weighted by Crippen LogP contribution is -2.58. The van der Waals surface area contributed by atoms with Crippen LogP contribution in [-0.2, 0) is 20.8 Å². The van der Waals surface area contributed by atoms with E-state index in [1.165, 1.54) is 12.1 Å². The van der Waals surface area contributed by atoms with Crippen molar-refractivity contribution in [1.82, 2.24) is 15.5 Å². The van der Waals surface area contributed by atoms with E-state index in [9.17, 15) is 29.7 Å². The molecule has 0 spiro atoms. The smallest absolute Gasteiger partial charge is 0.246 e. The van der Waals surface area contributed by atoms with Crippen LogP contribution in [0.5, 0.6) is 5.75 Å². The van der Waals surface area contributed by atoms with Gasteiger partial charge in [-0.05, 0) is 68.6 Å². The molecule has 3 unspecified atom stereocenters. The molecular formula is C32H52N6O6. The quantitative estimate of drug-likeness (QED) is 0.0773. The normalized spacial score (nSPS) is 22.5. The summed E-state index contributed by atoms with van der Waals surface area (Å²) in [5, 5.41) is 36.1. The van der Waals surface area contributed by atoms with Crippen LogP contribution < -0.4 is 22.1 Å². The number of phenols is 1. The number of likely N-dealkylation sites (tertiary alicyclic amines) is 1. The summed E-state index contributed by atoms with van der Waals surface area (Å²) in [6, 6.07) is 3.88. The third-order valence-corrected chi connectivity index (χ3v) is 8.79. The Labute approximate surface area is 260 Å². The zero-order valence-electron chi connectivity index (χ0n) is 26.0. The van der Waals surface area contributed by atoms with Crippen molar-refractivity contribution in [3.05, 3.63) is 29.8 Å². The van der Waals surface area contributed by atoms with Gasteiger partial charge in [-0.15, -0.1) is 0 Å². The molecule has 0 radical (unpaired) electrons. The van der Waals surface area contributed by atoms with Crippen molar-refractivity contribution in [2.24, 2.45) is 22.4 Å². The number of rotatable bonds is 17. The highest BCUT2D eigenvalue weighted by Crippen LogP contribution is 2.40. The first-order valence-corrected chi connectivity index (χ1v) is 16.2. The van der Waals surface area contributed by atoms with E-state index in [1.807, 2.05) is 0 Å². The minimum atomic E-state index is -0.927. The molecule has 1 aromatic rings. The van der Waals surface area contributed by atoms with Gasteiger partial charge < -0.3 is 42.3 Å². The SMILES string of the molecule is CCCCCCCC(=O)N[C@@H](Cc1ccc(O)cc1)C(=O)N1C(C(=O)NC(CO)CCCN=C(N)N)C[C@@H]2CCC(O)C[C@@H]21. The largest absolute Gasteiger partial charge is 0.508 e. The molecule has 1 aromatic carbocycles. The molecule has 12 heteroatoms. The Morgan fingerprint density at radius 1 is 1.02 bits per heavy atom. The van der Waals surface area contributed by atoms with Crippen molar-refractivity contribution in [3.63, 3.8) is 0 Å². The van der Waals surface area contributed by atoms with Crippen LogP contribution in [0.3, 0.4) is 0 Å². The van der Waals surface area contributed by atoms with Gasteiger partial charge in [-0.25, -0.2) is 0 Å². The van der Waals surface area contributed by atoms with Gasteiger partial charge in [0.15, 0.2) is 5.96 Å². The molecule has 2 fully saturated rings. The van der Waals surface area contributed by atoms with Crippen LogP contribution in [0.2, 0.25) is 0 Å². The summed E-state index contributed by atoms with van der Waals surface area (Å²) in [4.78, 5) is 46.7. The third kappa shape index (κ3) is 10.7. The molecule has 1 aliphatic carbocycles. The number of aliphatic hydroxyl groups excluding tert-OH is 2. The average molecular weight is 617 g/mol. The summed E-state index contributed by atoms with van der Waals surface area (Å²) in [5.74, 6) is -0.845. The molecule has 3 rings (SSSR count). The molecule has 2 aliphatic rings. The predicted octanol–water partition coefficient (Wildman–Crippen LogP) is 1.44. The Morgan fingerprint density at radius 2 is 1.75 bits per heavy atom. The Balaban J connectivity index is 1.80. The number of fused-ring (bicyclic) bond motifs is 1. The van der Waals surface area contributed by atoms with E-state index in [4.69, 9.17) is 11.5 Å². The molecular weight excluding hydrogens is 564 g/mol. The third-order valence-electron chi connectivity index (χ3n) is 8.79. The van der Waals surface area contributed by atoms with Crippen molar-refractivity contribution in [2.45, 2.75) is 121 Å². The second-order valence-corrected chi connectivity index (χ2v) is 12.3. The summed E-state index contributed by atoms with van der Waals surface area (Å²) in [7, 11) is 0. The number of aromatic hydroxyl groups is 1. The van der Waals surface area contributed by atoms with Gasteiger partial charge in [-0.2, -0.15) is 0 Å². The van der Waals surface area contributed by atoms with E-state index in [0.29, 0.717) is 51.5 Å². The van der Waals surface area contributed by atoms with Gasteiger partial charge in [-0.1, -0.05) is 44.7 Å². The van der Waals surface area contributed by atoms with Gasteiger partial charge in [0.2, 0.25) is 17.7 Å². The number of hydrogen-bond acceptors (Lipinski definition) is 7. The molecule has 6 atom stereocenters. The summed E-state index contributed by atoms with van der Waals surface area (Å²) in [6.07, 6.45) is 7.94. The average Bonchev–Trinajstić information content (AvgIpc) is 3.37. The van der Waals surface area contributed by atoms with Crippen LogP contribution in [0.25, 0.3) is 0 Å². The maximum absolute atomic E-state index is 14.4. The number of nitrogens with two attached hydrogens (primary N) is 2. The lowest BCUT2D eigenvalue weighted by molar-refractivity contribution is -0.144. The molecule has 9 N–H and O–H groups in total. The number of hydrogen-bond donors (Lipinski definition) is 7. The topological polar surface area (TPSA) is 204 Å². The Bertz CT molecular complexity index is 1100. The fourth-order valence-corrected chi connectivity index (χ4v) is 6.44. The zero-order valence-corrected chi connectivity index (χ0v) is 26.0. The molecule has 246 valence electrons. The number of guanidine groups is 1. The summed E-state index contributed by atoms with van der Waals surface area (Å²) < 4.78 is 0. The van der Waals surface area contributed by atoms with Gasteiger partial charge in [0.25, 0.3) is 0 Å². The number of carbonyl (C=O) groups excluding carboxylic acids is 3. The second-order valence-electron chi connectivity index (χ2n) is 12.3. The molecule has 44 heavy (non-hydrogen) atoms. The van der Waals surface area contributed by atoms with Crippen LogP contribution in [0.1, 0.15) is 89.5 Å². The van der Waals surface area contributed by atoms with Crippen LogP contribution in [0.4, 0.5) is 0 Å². The number of nitrogens with zero attached hydrogens (tertiary/aromatic N) is 2. The van der Waals surface area contributed by atoms with E-state index in [1.54, 1.807) is 17.0 Å². The van der Waals surface area contributed by atoms with Crippen LogP contribution in [0, 0.1) is 5.92 Å². The predicted molar refractivity (Wildman–Crippen MR) is 168 cm³/mol. The molecule has 0 bridgehead atoms. The maximum Gasteiger partial charge on any atom is 0.246 e. The Morgan fingerprint density at radius 3 is 2.43 bits per heavy atom. The van der Waals surface area contributed by atoms with E-state index in [0.717, 1.165) is 37.7 Å². The van der Waals surface area contributed by atoms with Crippen molar-refractivity contribution < 1.29 is 29.7 Å². The summed E-state index contributed by atoms with van der Waals surface area (Å²) >= 11 is 0. The zero-order chi connectivity index (χ0) is 32.1. The van der Waals surface area contributed by atoms with Crippen molar-refractivity contribution in [1.29, 1.82) is 0 Å². The van der Waals surface area contributed by atoms with E-state index >= 15 is 0 Å². The number of nitrogens with one attached hydrogen (secondary N) is 2. The van der Waals surface area contributed by atoms with Gasteiger partial charge in [-0.3, -0.25) is 19.4 Å². The van der Waals surface area contributed by atoms with E-state index in [2.05, 4.69) is 22.5 Å². The highest BCUT2D eigenvalue weighted by atomic mass is 16.3. The Hall–Kier alpha value is -3.38. The van der Waals surface area contributed by atoms with Gasteiger partial charge in [0, 0.05) is 25.4 Å². The van der Waals surface area contributed by atoms with Crippen LogP contribution >= 0.6 is 0 Å². The van der Waals surface area contributed by atoms with Crippen molar-refractivity contribution in [2.75, 3.05) is 13.2 Å². The van der Waals surface area contributed by atoms with Gasteiger partial charge >= 0.3 is 0 Å². The molecule has 0 aromatic heterocycles. The first kappa shape index (κ1) is 35.1. The number of benzene rings is 1.